The van der Waals surface area contributed by atoms with Crippen molar-refractivity contribution < 1.29 is 95.5 Å². The van der Waals surface area contributed by atoms with Crippen LogP contribution in [-0.2, 0) is 86.0 Å². The second-order valence-corrected chi connectivity index (χ2v) is 30.2. The van der Waals surface area contributed by atoms with E-state index in [4.69, 9.17) is 28.4 Å². The molecule has 2 saturated carbocycles. The molecule has 4 aliphatic heterocycles. The Bertz CT molecular complexity index is 3470. The van der Waals surface area contributed by atoms with Gasteiger partial charge in [0.2, 0.25) is 58.8 Å². The Morgan fingerprint density at radius 1 is 0.505 bits per heavy atom. The SMILES string of the molecule is CCCC(NC(=O)[C@@H]1CC2(CN1C(=O)C(NC(=O)OCC(C)C)C1CCCCC1)OCCO2)C(=O)C(=O)NCC(=O)NC(C(=O)N(C)C)c1ccccc1.CCCC(NC(=O)[C@@H]1CC2(CN1C(=O)C(NC(=O)OCC(C)C)C1CCCCC1)OC[C@@H](C)O2)C(=O)C(=O)NCC(=O)NC(C(=O)N(C)C)c1ccccc1. The maximum atomic E-state index is 14.5. The largest absolute Gasteiger partial charge is 0.449 e. The van der Waals surface area contributed by atoms with Crippen LogP contribution in [0.2, 0.25) is 0 Å². The predicted octanol–water partition coefficient (Wildman–Crippen LogP) is 3.54. The van der Waals surface area contributed by atoms with Gasteiger partial charge in [-0.05, 0) is 80.2 Å². The van der Waals surface area contributed by atoms with Gasteiger partial charge in [-0.1, -0.05) is 154 Å². The quantitative estimate of drug-likeness (QED) is 0.0486. The fraction of sp³-hybridized carbons (Fsp3) is 0.662. The molecule has 2 aliphatic carbocycles. The second-order valence-electron chi connectivity index (χ2n) is 30.2. The van der Waals surface area contributed by atoms with Crippen molar-refractivity contribution in [3.8, 4) is 0 Å². The van der Waals surface area contributed by atoms with Crippen LogP contribution in [0.5, 0.6) is 0 Å². The van der Waals surface area contributed by atoms with E-state index in [2.05, 4.69) is 42.5 Å². The van der Waals surface area contributed by atoms with Crippen LogP contribution in [0.1, 0.15) is 174 Å². The normalized spacial score (nSPS) is 21.2. The number of ketones is 2. The summed E-state index contributed by atoms with van der Waals surface area (Å²) < 4.78 is 34.7. The molecule has 32 heteroatoms. The van der Waals surface area contributed by atoms with E-state index in [1.54, 1.807) is 103 Å². The summed E-state index contributed by atoms with van der Waals surface area (Å²) in [6.45, 7) is 12.8. The molecule has 109 heavy (non-hydrogen) atoms. The number of likely N-dealkylation sites (tertiary alicyclic amines) is 2. The predicted molar refractivity (Wildman–Crippen MR) is 395 cm³/mol. The number of likely N-dealkylation sites (N-methyl/N-ethyl adjacent to an activating group) is 2. The number of hydrogen-bond acceptors (Lipinski definition) is 20. The summed E-state index contributed by atoms with van der Waals surface area (Å²) in [5, 5.41) is 20.8. The Balaban J connectivity index is 0.000000303. The van der Waals surface area contributed by atoms with E-state index in [1.807, 2.05) is 34.6 Å². The van der Waals surface area contributed by atoms with E-state index < -0.39 is 144 Å². The molecule has 8 N–H and O–H groups in total. The van der Waals surface area contributed by atoms with Crippen LogP contribution in [-0.4, -0.2) is 244 Å². The summed E-state index contributed by atoms with van der Waals surface area (Å²) in [4.78, 5) is 193. The number of nitrogens with zero attached hydrogens (tertiary/aromatic N) is 4. The molecule has 6 fully saturated rings. The van der Waals surface area contributed by atoms with Crippen molar-refractivity contribution in [3.63, 3.8) is 0 Å². The highest BCUT2D eigenvalue weighted by Gasteiger charge is 2.57. The number of hydrogen-bond donors (Lipinski definition) is 8. The van der Waals surface area contributed by atoms with E-state index in [1.165, 1.54) is 19.6 Å². The third-order valence-corrected chi connectivity index (χ3v) is 19.9. The topological polar surface area (TPSA) is 404 Å². The minimum Gasteiger partial charge on any atom is -0.449 e. The van der Waals surface area contributed by atoms with Crippen LogP contribution in [0, 0.1) is 23.7 Å². The first-order valence-electron chi connectivity index (χ1n) is 38.3. The lowest BCUT2D eigenvalue weighted by molar-refractivity contribution is -0.160. The van der Waals surface area contributed by atoms with Crippen molar-refractivity contribution in [2.75, 3.05) is 87.4 Å². The lowest BCUT2D eigenvalue weighted by Gasteiger charge is -2.34. The van der Waals surface area contributed by atoms with E-state index in [0.29, 0.717) is 49.7 Å². The number of carbonyl (C=O) groups is 14. The third kappa shape index (κ3) is 24.9. The average molecular weight is 1530 g/mol. The number of amides is 12. The fourth-order valence-corrected chi connectivity index (χ4v) is 14.4. The molecule has 7 unspecified atom stereocenters. The summed E-state index contributed by atoms with van der Waals surface area (Å²) in [6.07, 6.45) is 7.70. The van der Waals surface area contributed by atoms with E-state index in [9.17, 15) is 67.1 Å². The Morgan fingerprint density at radius 2 is 0.881 bits per heavy atom. The molecule has 2 spiro atoms. The van der Waals surface area contributed by atoms with Crippen molar-refractivity contribution in [2.45, 2.75) is 217 Å². The Labute approximate surface area is 638 Å². The number of carbonyl (C=O) groups excluding carboxylic acids is 14. The van der Waals surface area contributed by atoms with Gasteiger partial charge in [-0.3, -0.25) is 57.5 Å². The Hall–Kier alpha value is -9.14. The number of rotatable bonds is 32. The summed E-state index contributed by atoms with van der Waals surface area (Å²) >= 11 is 0. The molecule has 6 aliphatic rings. The molecule has 2 aromatic rings. The van der Waals surface area contributed by atoms with Gasteiger partial charge in [-0.2, -0.15) is 0 Å². The number of nitrogens with one attached hydrogen (secondary N) is 8. The average Bonchev–Trinajstić information content (AvgIpc) is 1.62. The number of benzene rings is 2. The lowest BCUT2D eigenvalue weighted by atomic mass is 9.83. The molecule has 602 valence electrons. The molecule has 10 atom stereocenters. The molecule has 0 radical (unpaired) electrons. The van der Waals surface area contributed by atoms with Crippen LogP contribution >= 0.6 is 0 Å². The van der Waals surface area contributed by atoms with Gasteiger partial charge in [0.05, 0.1) is 77.4 Å². The van der Waals surface area contributed by atoms with Crippen LogP contribution < -0.4 is 42.5 Å². The zero-order valence-electron chi connectivity index (χ0n) is 64.9. The molecule has 8 rings (SSSR count). The zero-order valence-corrected chi connectivity index (χ0v) is 64.9. The van der Waals surface area contributed by atoms with Gasteiger partial charge in [0, 0.05) is 41.0 Å². The van der Waals surface area contributed by atoms with Crippen molar-refractivity contribution in [3.05, 3.63) is 71.8 Å². The minimum absolute atomic E-state index is 0.0204. The molecule has 4 heterocycles. The third-order valence-electron chi connectivity index (χ3n) is 19.9. The summed E-state index contributed by atoms with van der Waals surface area (Å²) in [5.41, 5.74) is 1.08. The minimum atomic E-state index is -1.27. The molecular weight excluding hydrogens is 1410 g/mol. The Kier molecular flexibility index (Phi) is 33.2. The summed E-state index contributed by atoms with van der Waals surface area (Å²) in [7, 11) is 6.22. The van der Waals surface area contributed by atoms with Gasteiger partial charge in [0.15, 0.2) is 11.6 Å². The van der Waals surface area contributed by atoms with Crippen LogP contribution in [0.25, 0.3) is 0 Å². The summed E-state index contributed by atoms with van der Waals surface area (Å²) in [5.74, 6) is -11.4. The standard InChI is InChI=1S/C39H58N6O10.C38H56N6O10/c1-7-14-28(33(47)35(49)40-20-30(46)42-31(36(50)44(5)6)26-15-10-8-11-16-26)41-34(48)29-19-39(54-22-25(4)55-39)23-45(29)37(51)32(27-17-12-9-13-18-27)43-38(52)53-21-24(2)3;1-6-13-27(32(46)34(48)39-21-29(45)41-30(35(49)43(4)5)25-14-9-7-10-15-25)40-33(47)28-20-38(53-18-19-54-38)23-44(28)36(50)31(26-16-11-8-12-17-26)42-37(51)52-22-24(2)3/h8,10-11,15-16,24-25,27-29,31-32H,7,9,12-14,17-23H2,1-6H3,(H,40,49)(H,41,48)(H,42,46)(H,43,52);7,9-10,14-15,24,26-28,30-31H,6,8,11-13,16-23H2,1-5H3,(H,39,48)(H,40,47)(H,41,45)(H,42,51)/t25-,28?,29+,31?,32?,39?;27?,28-,30?,31?/m10/s1. The lowest BCUT2D eigenvalue weighted by Crippen LogP contribution is -2.58. The Morgan fingerprint density at radius 3 is 1.23 bits per heavy atom. The monoisotopic (exact) mass is 1530 g/mol. The van der Waals surface area contributed by atoms with E-state index >= 15 is 0 Å². The van der Waals surface area contributed by atoms with Gasteiger partial charge in [0.1, 0.15) is 36.3 Å². The molecule has 2 aromatic carbocycles. The zero-order chi connectivity index (χ0) is 79.7. The van der Waals surface area contributed by atoms with E-state index in [-0.39, 0.29) is 113 Å². The molecule has 0 bridgehead atoms. The smallest absolute Gasteiger partial charge is 0.407 e. The number of alkyl carbamates (subject to hydrolysis) is 2. The highest BCUT2D eigenvalue weighted by atomic mass is 16.7. The van der Waals surface area contributed by atoms with Crippen molar-refractivity contribution in [1.29, 1.82) is 0 Å². The molecule has 4 saturated heterocycles. The van der Waals surface area contributed by atoms with Gasteiger partial charge >= 0.3 is 12.2 Å². The van der Waals surface area contributed by atoms with Gasteiger partial charge in [0.25, 0.3) is 11.8 Å². The van der Waals surface area contributed by atoms with Crippen molar-refractivity contribution in [2.24, 2.45) is 23.7 Å². The van der Waals surface area contributed by atoms with E-state index in [0.717, 1.165) is 38.5 Å². The molecule has 32 nitrogen and oxygen atoms in total. The van der Waals surface area contributed by atoms with Gasteiger partial charge in [-0.25, -0.2) is 9.59 Å². The number of ether oxygens (including phenoxy) is 6. The van der Waals surface area contributed by atoms with Crippen molar-refractivity contribution in [1.82, 2.24) is 62.1 Å². The first-order chi connectivity index (χ1) is 51.9. The van der Waals surface area contributed by atoms with Crippen LogP contribution in [0.4, 0.5) is 9.59 Å². The van der Waals surface area contributed by atoms with Crippen LogP contribution in [0.3, 0.4) is 0 Å². The van der Waals surface area contributed by atoms with Gasteiger partial charge < -0.3 is 90.6 Å². The highest BCUT2D eigenvalue weighted by molar-refractivity contribution is 6.39. The maximum absolute atomic E-state index is 14.5. The first kappa shape index (κ1) is 87.1. The van der Waals surface area contributed by atoms with Gasteiger partial charge in [-0.15, -0.1) is 0 Å². The summed E-state index contributed by atoms with van der Waals surface area (Å²) in [6, 6.07) is 8.42. The fourth-order valence-electron chi connectivity index (χ4n) is 14.4. The number of Topliss-reactive ketones (excluding diaryl/α,β-unsaturated/α-hetero) is 2. The maximum Gasteiger partial charge on any atom is 0.407 e. The van der Waals surface area contributed by atoms with Crippen molar-refractivity contribution >= 4 is 82.8 Å². The molecule has 0 aromatic heterocycles. The first-order valence-corrected chi connectivity index (χ1v) is 38.3. The highest BCUT2D eigenvalue weighted by Crippen LogP contribution is 2.40. The van der Waals surface area contributed by atoms with Crippen LogP contribution in [0.15, 0.2) is 60.7 Å². The second kappa shape index (κ2) is 41.6. The molecular formula is C77H114N12O20. The molecule has 12 amide bonds.